The molecular weight excluding hydrogens is 1670 g/mol. The molecule has 2 aromatic heterocycles. The molecule has 0 spiro atoms. The third kappa shape index (κ3) is 13.1. The lowest BCUT2D eigenvalue weighted by Gasteiger charge is -2.55. The van der Waals surface area contributed by atoms with Crippen LogP contribution in [0.3, 0.4) is 0 Å². The fourth-order valence-corrected chi connectivity index (χ4v) is 30.8. The molecule has 0 atom stereocenters. The minimum atomic E-state index is -0.340. The van der Waals surface area contributed by atoms with E-state index in [1.54, 1.807) is 11.1 Å². The van der Waals surface area contributed by atoms with Crippen molar-refractivity contribution in [1.29, 1.82) is 0 Å². The first-order valence-corrected chi connectivity index (χ1v) is 54.7. The summed E-state index contributed by atoms with van der Waals surface area (Å²) in [4.78, 5) is 11.3. The zero-order chi connectivity index (χ0) is 98.7. The van der Waals surface area contributed by atoms with E-state index in [2.05, 4.69) is 378 Å². The second-order valence-electron chi connectivity index (χ2n) is 59.2. The molecule has 1 fully saturated rings. The Kier molecular flexibility index (Phi) is 19.2. The summed E-state index contributed by atoms with van der Waals surface area (Å²) >= 11 is 0. The highest BCUT2D eigenvalue weighted by molar-refractivity contribution is 7.01. The molecular formula is C130H166B2N4O2. The van der Waals surface area contributed by atoms with E-state index in [1.807, 2.05) is 0 Å². The van der Waals surface area contributed by atoms with Crippen molar-refractivity contribution in [3.8, 4) is 0 Å². The Labute approximate surface area is 833 Å². The van der Waals surface area contributed by atoms with Gasteiger partial charge in [-0.2, -0.15) is 0 Å². The number of aryl methyl sites for hydroxylation is 2. The van der Waals surface area contributed by atoms with Gasteiger partial charge in [0, 0.05) is 56.3 Å². The largest absolute Gasteiger partial charge is 0.444 e. The molecule has 10 aromatic rings. The Hall–Kier alpha value is -8.35. The van der Waals surface area contributed by atoms with Crippen molar-refractivity contribution < 1.29 is 8.83 Å². The molecule has 0 saturated heterocycles. The second kappa shape index (κ2) is 28.4. The molecule has 10 aliphatic carbocycles. The van der Waals surface area contributed by atoms with E-state index in [-0.39, 0.29) is 111 Å². The van der Waals surface area contributed by atoms with Crippen LogP contribution in [-0.4, -0.2) is 13.4 Å². The van der Waals surface area contributed by atoms with Crippen molar-refractivity contribution in [1.82, 2.24) is 0 Å². The Morgan fingerprint density at radius 2 is 0.551 bits per heavy atom. The number of hydrogen-bond donors (Lipinski definition) is 0. The molecule has 14 aliphatic rings. The molecule has 0 unspecified atom stereocenters. The lowest BCUT2D eigenvalue weighted by Crippen LogP contribution is -2.63. The minimum absolute atomic E-state index is 0.00951. The van der Waals surface area contributed by atoms with Gasteiger partial charge in [0.25, 0.3) is 13.4 Å². The molecule has 724 valence electrons. The molecule has 6 nitrogen and oxygen atoms in total. The number of anilines is 12. The molecule has 8 heteroatoms. The lowest BCUT2D eigenvalue weighted by molar-refractivity contribution is 0.153. The summed E-state index contributed by atoms with van der Waals surface area (Å²) in [6.45, 7) is 91.1. The maximum atomic E-state index is 8.33. The molecule has 8 aromatic carbocycles. The summed E-state index contributed by atoms with van der Waals surface area (Å²) in [6, 6.07) is 48.8. The van der Waals surface area contributed by atoms with E-state index in [1.165, 1.54) is 235 Å². The van der Waals surface area contributed by atoms with Gasteiger partial charge in [-0.25, -0.2) is 0 Å². The average molecular weight is 1840 g/mol. The van der Waals surface area contributed by atoms with Gasteiger partial charge in [-0.1, -0.05) is 272 Å². The van der Waals surface area contributed by atoms with Crippen molar-refractivity contribution in [2.45, 2.75) is 475 Å². The fourth-order valence-electron chi connectivity index (χ4n) is 30.8. The summed E-state index contributed by atoms with van der Waals surface area (Å²) < 4.78 is 16.6. The molecule has 0 amide bonds. The van der Waals surface area contributed by atoms with Crippen molar-refractivity contribution in [2.75, 3.05) is 19.6 Å². The molecule has 1 saturated carbocycles. The quantitative estimate of drug-likeness (QED) is 0.141. The molecule has 4 aliphatic heterocycles. The lowest BCUT2D eigenvalue weighted by atomic mass is 9.32. The topological polar surface area (TPSA) is 39.2 Å². The van der Waals surface area contributed by atoms with Crippen LogP contribution in [0.15, 0.2) is 118 Å². The predicted octanol–water partition coefficient (Wildman–Crippen LogP) is 32.2. The molecule has 0 N–H and O–H groups in total. The van der Waals surface area contributed by atoms with Gasteiger partial charge in [0.05, 0.1) is 11.4 Å². The highest BCUT2D eigenvalue weighted by Gasteiger charge is 2.61. The zero-order valence-corrected chi connectivity index (χ0v) is 92.3. The van der Waals surface area contributed by atoms with Crippen molar-refractivity contribution in [3.63, 3.8) is 0 Å². The standard InChI is InChI=1S/C130H166B2N4O2/c1-75-61-83-88(122(22,23)48-45-117(83,12)13)71-95(75)135-101-64-77(113(3,4)5)63-99-105(101)132(108-104-110(137-111(108)135)128(34,35)54-52-126(104,30)31)94-70-92-91(74-98(94)134(99)80-38-40-82-86(68-80)120(18,19)44-42-116(82,10)11)129(36)56-59-130(92,60-57-129)58-55-114(6,7)78-65-100-106-102(66-78)136(96-72-89-84(62-76(96)2)118(14,15)46-49-123(89,24)25)112-107(103-109(138-112)127(32,33)53-51-125(103,28)29)131(106)93-69-87-90(124(26,27)50-47-121(87,20)21)73-97(93)133(100)79-37-39-81-85(67-79)119(16,17)43-41-115(81,8)9/h37-40,61-74H,41-60H2,1-36H3. The van der Waals surface area contributed by atoms with Gasteiger partial charge in [-0.3, -0.25) is 9.80 Å². The number of hydrogen-bond acceptors (Lipinski definition) is 6. The number of furan rings is 2. The van der Waals surface area contributed by atoms with Gasteiger partial charge in [0.1, 0.15) is 11.5 Å². The summed E-state index contributed by atoms with van der Waals surface area (Å²) in [5, 5.41) is 0. The van der Waals surface area contributed by atoms with Gasteiger partial charge in [-0.05, 0) is 435 Å². The van der Waals surface area contributed by atoms with Crippen molar-refractivity contribution in [3.05, 3.63) is 221 Å². The Bertz CT molecular complexity index is 6950. The van der Waals surface area contributed by atoms with E-state index >= 15 is 0 Å². The molecule has 2 bridgehead atoms. The summed E-state index contributed by atoms with van der Waals surface area (Å²) in [5.41, 5.74) is 46.7. The maximum Gasteiger partial charge on any atom is 0.256 e. The normalized spacial score (nSPS) is 25.0. The zero-order valence-electron chi connectivity index (χ0n) is 92.3. The van der Waals surface area contributed by atoms with Gasteiger partial charge in [0.2, 0.25) is 0 Å². The number of rotatable bonds is 8. The van der Waals surface area contributed by atoms with Crippen LogP contribution >= 0.6 is 0 Å². The van der Waals surface area contributed by atoms with Crippen LogP contribution in [0.4, 0.5) is 68.6 Å². The molecule has 6 heterocycles. The molecule has 138 heavy (non-hydrogen) atoms. The Morgan fingerprint density at radius 1 is 0.261 bits per heavy atom. The highest BCUT2D eigenvalue weighted by Crippen LogP contribution is 2.66. The predicted molar refractivity (Wildman–Crippen MR) is 590 cm³/mol. The highest BCUT2D eigenvalue weighted by atomic mass is 16.4. The van der Waals surface area contributed by atoms with Gasteiger partial charge < -0.3 is 18.6 Å². The van der Waals surface area contributed by atoms with E-state index < -0.39 is 0 Å². The SMILES string of the molecule is Cc1cc2c(cc1N1c3cc(C(C)(C)C)cc4c3B(c3cc5c(cc3N4c3ccc4c(c3)C(C)(C)CCC4(C)C)C3(C)CCC5(CCC(C)(C)c4cc5c6c(c4)N(c4cc7c(cc4C)C(C)(C)CCC7(C)C)c4oc7c(c4B6c4cc6c(cc4N5c4ccc5c(c4)C(C)(C)CCC5(C)C)C(C)(C)CCC6(C)C)C(C)(C)CCC7(C)C)CC3)c3c1oc1c3C(C)(C)CCC1(C)C)C(C)(C)CCC2(C)C. The summed E-state index contributed by atoms with van der Waals surface area (Å²) in [7, 11) is 0. The van der Waals surface area contributed by atoms with Crippen LogP contribution in [0.2, 0.25) is 0 Å². The summed E-state index contributed by atoms with van der Waals surface area (Å²) in [5.74, 6) is 4.47. The molecule has 0 radical (unpaired) electrons. The number of nitrogens with zero attached hydrogens (tertiary/aromatic N) is 4. The second-order valence-corrected chi connectivity index (χ2v) is 59.2. The van der Waals surface area contributed by atoms with Crippen molar-refractivity contribution >= 4 is 115 Å². The van der Waals surface area contributed by atoms with E-state index in [9.17, 15) is 0 Å². The maximum absolute atomic E-state index is 8.33. The fraction of sp³-hybridized carbons (Fsp3) is 0.569. The van der Waals surface area contributed by atoms with Crippen LogP contribution in [0.1, 0.15) is 475 Å². The first-order chi connectivity index (χ1) is 63.8. The van der Waals surface area contributed by atoms with Crippen LogP contribution in [-0.2, 0) is 97.5 Å². The van der Waals surface area contributed by atoms with Crippen LogP contribution in [0.5, 0.6) is 0 Å². The third-order valence-electron chi connectivity index (χ3n) is 41.7. The van der Waals surface area contributed by atoms with Crippen LogP contribution < -0.4 is 52.4 Å². The Morgan fingerprint density at radius 3 is 0.913 bits per heavy atom. The van der Waals surface area contributed by atoms with Crippen molar-refractivity contribution in [2.24, 2.45) is 0 Å². The first kappa shape index (κ1) is 93.3. The van der Waals surface area contributed by atoms with Gasteiger partial charge >= 0.3 is 0 Å². The Balaban J connectivity index is 0.773. The monoisotopic (exact) mass is 1840 g/mol. The minimum Gasteiger partial charge on any atom is -0.444 e. The average Bonchev–Trinajstić information content (AvgIpc) is 1.40. The van der Waals surface area contributed by atoms with Gasteiger partial charge in [-0.15, -0.1) is 0 Å². The van der Waals surface area contributed by atoms with E-state index in [4.69, 9.17) is 8.83 Å². The molecule has 24 rings (SSSR count). The van der Waals surface area contributed by atoms with Crippen LogP contribution in [0.25, 0.3) is 0 Å². The summed E-state index contributed by atoms with van der Waals surface area (Å²) in [6.07, 6.45) is 22.6. The number of benzene rings is 8. The smallest absolute Gasteiger partial charge is 0.256 e. The first-order valence-electron chi connectivity index (χ1n) is 54.7. The number of fused-ring (bicyclic) bond motifs is 19. The third-order valence-corrected chi connectivity index (χ3v) is 41.7. The van der Waals surface area contributed by atoms with Gasteiger partial charge in [0.15, 0.2) is 11.8 Å². The van der Waals surface area contributed by atoms with Crippen LogP contribution in [0, 0.1) is 13.8 Å². The van der Waals surface area contributed by atoms with E-state index in [0.717, 1.165) is 95.2 Å². The van der Waals surface area contributed by atoms with E-state index in [0.29, 0.717) is 0 Å².